The van der Waals surface area contributed by atoms with Gasteiger partial charge in [-0.2, -0.15) is 0 Å². The fraction of sp³-hybridized carbons (Fsp3) is 0.923. The third kappa shape index (κ3) is 3.70. The Morgan fingerprint density at radius 1 is 0.875 bits per heavy atom. The van der Waals surface area contributed by atoms with Crippen molar-refractivity contribution >= 4 is 11.8 Å². The normalized spacial score (nSPS) is 43.7. The first kappa shape index (κ1) is 21.4. The lowest BCUT2D eigenvalue weighted by Gasteiger charge is -2.40. The molecule has 2 heterocycles. The van der Waals surface area contributed by atoms with Crippen LogP contribution >= 0.6 is 0 Å². The molecule has 0 radical (unpaired) electrons. The van der Waals surface area contributed by atoms with Crippen LogP contribution in [0.1, 0.15) is 89.9 Å². The number of piperidine rings is 1. The second-order valence-electron chi connectivity index (χ2n) is 12.5. The fourth-order valence-corrected chi connectivity index (χ4v) is 9.28. The van der Waals surface area contributed by atoms with Gasteiger partial charge in [0, 0.05) is 24.0 Å². The molecular formula is C26H41N3O3. The van der Waals surface area contributed by atoms with Crippen molar-refractivity contribution in [1.29, 1.82) is 0 Å². The van der Waals surface area contributed by atoms with E-state index >= 15 is 0 Å². The number of nitrogens with one attached hydrogen (secondary N) is 2. The first-order valence-corrected chi connectivity index (χ1v) is 13.4. The summed E-state index contributed by atoms with van der Waals surface area (Å²) < 4.78 is 0. The Labute approximate surface area is 192 Å². The van der Waals surface area contributed by atoms with E-state index in [0.717, 1.165) is 69.1 Å². The van der Waals surface area contributed by atoms with Crippen molar-refractivity contribution in [1.82, 2.24) is 15.5 Å². The van der Waals surface area contributed by atoms with Crippen molar-refractivity contribution in [3.05, 3.63) is 0 Å². The van der Waals surface area contributed by atoms with Gasteiger partial charge in [0.05, 0.1) is 18.7 Å². The van der Waals surface area contributed by atoms with Crippen LogP contribution in [0.3, 0.4) is 0 Å². The van der Waals surface area contributed by atoms with E-state index < -0.39 is 0 Å². The summed E-state index contributed by atoms with van der Waals surface area (Å²) in [5.74, 6) is 3.30. The second-order valence-corrected chi connectivity index (χ2v) is 12.5. The molecule has 5 aliphatic carbocycles. The smallest absolute Gasteiger partial charge is 0.234 e. The summed E-state index contributed by atoms with van der Waals surface area (Å²) in [5, 5.41) is 16.6. The molecule has 5 saturated carbocycles. The summed E-state index contributed by atoms with van der Waals surface area (Å²) in [5.41, 5.74) is -0.240. The standard InChI is InChI=1S/C26H41N3O3/c30-16-25(5-1-2-6-25)27-24(32)15-29-21-3-4-22(29)11-17(10-21)12-23(31)28-26-13-18-7-19(14-26)9-20(26)8-18/h17-22,30H,1-16H2,(H,27,32)(H,28,31)/t17-,18?,19?,20?,21-,22+,26?. The second kappa shape index (κ2) is 7.97. The van der Waals surface area contributed by atoms with Gasteiger partial charge in [0.15, 0.2) is 0 Å². The van der Waals surface area contributed by atoms with Gasteiger partial charge < -0.3 is 15.7 Å². The van der Waals surface area contributed by atoms with Crippen molar-refractivity contribution < 1.29 is 14.7 Å². The topological polar surface area (TPSA) is 81.7 Å². The van der Waals surface area contributed by atoms with Gasteiger partial charge in [-0.05, 0) is 94.3 Å². The lowest BCUT2D eigenvalue weighted by molar-refractivity contribution is -0.128. The molecule has 7 aliphatic rings. The minimum atomic E-state index is -0.384. The highest BCUT2D eigenvalue weighted by Gasteiger charge is 2.58. The molecule has 0 aromatic rings. The zero-order chi connectivity index (χ0) is 21.9. The molecule has 32 heavy (non-hydrogen) atoms. The van der Waals surface area contributed by atoms with E-state index in [4.69, 9.17) is 0 Å². The van der Waals surface area contributed by atoms with Gasteiger partial charge in [-0.3, -0.25) is 14.5 Å². The van der Waals surface area contributed by atoms with Crippen LogP contribution in [0.15, 0.2) is 0 Å². The van der Waals surface area contributed by atoms with Crippen molar-refractivity contribution in [3.63, 3.8) is 0 Å². The third-order valence-electron chi connectivity index (χ3n) is 10.4. The number of carbonyl (C=O) groups is 2. The summed E-state index contributed by atoms with van der Waals surface area (Å²) >= 11 is 0. The van der Waals surface area contributed by atoms with Gasteiger partial charge >= 0.3 is 0 Å². The van der Waals surface area contributed by atoms with Crippen LogP contribution in [0, 0.1) is 23.7 Å². The van der Waals surface area contributed by atoms with E-state index in [1.807, 2.05) is 0 Å². The maximum atomic E-state index is 13.1. The third-order valence-corrected chi connectivity index (χ3v) is 10.4. The first-order valence-electron chi connectivity index (χ1n) is 13.4. The molecule has 6 nitrogen and oxygen atoms in total. The highest BCUT2D eigenvalue weighted by atomic mass is 16.3. The molecule has 2 saturated heterocycles. The molecule has 0 spiro atoms. The monoisotopic (exact) mass is 443 g/mol. The van der Waals surface area contributed by atoms with Gasteiger partial charge in [-0.25, -0.2) is 0 Å². The molecule has 6 bridgehead atoms. The van der Waals surface area contributed by atoms with E-state index in [1.165, 1.54) is 32.1 Å². The number of aliphatic hydroxyl groups excluding tert-OH is 1. The predicted octanol–water partition coefficient (Wildman–Crippen LogP) is 2.74. The summed E-state index contributed by atoms with van der Waals surface area (Å²) in [6, 6.07) is 0.866. The van der Waals surface area contributed by atoms with Crippen LogP contribution < -0.4 is 10.6 Å². The maximum Gasteiger partial charge on any atom is 0.234 e. The highest BCUT2D eigenvalue weighted by Crippen LogP contribution is 2.60. The van der Waals surface area contributed by atoms with Gasteiger partial charge in [-0.15, -0.1) is 0 Å². The minimum Gasteiger partial charge on any atom is -0.394 e. The predicted molar refractivity (Wildman–Crippen MR) is 122 cm³/mol. The van der Waals surface area contributed by atoms with E-state index in [0.29, 0.717) is 36.9 Å². The number of hydrogen-bond acceptors (Lipinski definition) is 4. The van der Waals surface area contributed by atoms with E-state index in [2.05, 4.69) is 15.5 Å². The Balaban J connectivity index is 1.01. The van der Waals surface area contributed by atoms with Crippen LogP contribution in [0.2, 0.25) is 0 Å². The van der Waals surface area contributed by atoms with Crippen LogP contribution in [0.4, 0.5) is 0 Å². The van der Waals surface area contributed by atoms with Gasteiger partial charge in [0.1, 0.15) is 0 Å². The SMILES string of the molecule is O=C(CN1[C@@H]2CC[C@H]1C[C@H](CC(=O)NC13CC4CC(CC1C4)C3)C2)NC1(CO)CCCC1. The Hall–Kier alpha value is -1.14. The Morgan fingerprint density at radius 2 is 1.53 bits per heavy atom. The first-order chi connectivity index (χ1) is 15.5. The number of amides is 2. The molecule has 5 atom stereocenters. The van der Waals surface area contributed by atoms with Crippen molar-refractivity contribution in [3.8, 4) is 0 Å². The van der Waals surface area contributed by atoms with Crippen LogP contribution in [0.25, 0.3) is 0 Å². The average Bonchev–Trinajstić information content (AvgIpc) is 3.42. The quantitative estimate of drug-likeness (QED) is 0.565. The number of aliphatic hydroxyl groups is 1. The molecule has 7 fully saturated rings. The van der Waals surface area contributed by atoms with Gasteiger partial charge in [0.2, 0.25) is 11.8 Å². The molecule has 6 heteroatoms. The molecule has 0 aromatic carbocycles. The molecule has 3 N–H and O–H groups in total. The summed E-state index contributed by atoms with van der Waals surface area (Å²) in [6.07, 6.45) is 15.6. The average molecular weight is 444 g/mol. The number of carbonyl (C=O) groups excluding carboxylic acids is 2. The fourth-order valence-electron chi connectivity index (χ4n) is 9.28. The number of nitrogens with zero attached hydrogens (tertiary/aromatic N) is 1. The zero-order valence-corrected chi connectivity index (χ0v) is 19.5. The molecule has 2 amide bonds. The molecule has 2 aliphatic heterocycles. The molecular weight excluding hydrogens is 402 g/mol. The Bertz CT molecular complexity index is 735. The van der Waals surface area contributed by atoms with Crippen LogP contribution in [0.5, 0.6) is 0 Å². The van der Waals surface area contributed by atoms with Gasteiger partial charge in [0.25, 0.3) is 0 Å². The molecule has 2 unspecified atom stereocenters. The lowest BCUT2D eigenvalue weighted by atomic mass is 9.80. The van der Waals surface area contributed by atoms with Crippen molar-refractivity contribution in [2.45, 2.75) is 113 Å². The Morgan fingerprint density at radius 3 is 2.16 bits per heavy atom. The van der Waals surface area contributed by atoms with Crippen LogP contribution in [-0.4, -0.2) is 58.1 Å². The van der Waals surface area contributed by atoms with E-state index in [1.54, 1.807) is 0 Å². The number of hydrogen-bond donors (Lipinski definition) is 3. The minimum absolute atomic E-state index is 0.0482. The largest absolute Gasteiger partial charge is 0.394 e. The molecule has 7 rings (SSSR count). The summed E-state index contributed by atoms with van der Waals surface area (Å²) in [4.78, 5) is 28.3. The van der Waals surface area contributed by atoms with Crippen molar-refractivity contribution in [2.75, 3.05) is 13.2 Å². The Kier molecular flexibility index (Phi) is 5.33. The number of rotatable bonds is 7. The van der Waals surface area contributed by atoms with Gasteiger partial charge in [-0.1, -0.05) is 12.8 Å². The highest BCUT2D eigenvalue weighted by molar-refractivity contribution is 5.79. The zero-order valence-electron chi connectivity index (χ0n) is 19.5. The summed E-state index contributed by atoms with van der Waals surface area (Å²) in [6.45, 7) is 0.496. The van der Waals surface area contributed by atoms with Crippen LogP contribution in [-0.2, 0) is 9.59 Å². The molecule has 178 valence electrons. The number of fused-ring (bicyclic) bond motifs is 2. The van der Waals surface area contributed by atoms with E-state index in [9.17, 15) is 14.7 Å². The maximum absolute atomic E-state index is 13.1. The summed E-state index contributed by atoms with van der Waals surface area (Å²) in [7, 11) is 0. The molecule has 0 aromatic heterocycles. The van der Waals surface area contributed by atoms with E-state index in [-0.39, 0.29) is 23.6 Å². The lowest BCUT2D eigenvalue weighted by Crippen LogP contribution is -2.55. The van der Waals surface area contributed by atoms with Crippen molar-refractivity contribution in [2.24, 2.45) is 23.7 Å².